The molecule has 0 aromatic heterocycles. The van der Waals surface area contributed by atoms with E-state index in [2.05, 4.69) is 44.1 Å². The summed E-state index contributed by atoms with van der Waals surface area (Å²) in [6, 6.07) is 0.634. The highest BCUT2D eigenvalue weighted by Gasteiger charge is 2.21. The summed E-state index contributed by atoms with van der Waals surface area (Å²) in [6.45, 7) is 12.4. The lowest BCUT2D eigenvalue weighted by Crippen LogP contribution is -2.23. The number of allylic oxidation sites excluding steroid dienone is 4. The molecule has 0 bridgehead atoms. The Morgan fingerprint density at radius 1 is 1.32 bits per heavy atom. The van der Waals surface area contributed by atoms with Gasteiger partial charge in [0.05, 0.1) is 11.4 Å². The van der Waals surface area contributed by atoms with Crippen LogP contribution in [0.25, 0.3) is 0 Å². The maximum Gasteiger partial charge on any atom is 0.0598 e. The summed E-state index contributed by atoms with van der Waals surface area (Å²) in [5.41, 5.74) is 11.1. The van der Waals surface area contributed by atoms with Gasteiger partial charge in [0.25, 0.3) is 0 Å². The number of nitrogens with one attached hydrogen (secondary N) is 2. The summed E-state index contributed by atoms with van der Waals surface area (Å²) in [5, 5.41) is 6.88. The van der Waals surface area contributed by atoms with Crippen molar-refractivity contribution >= 4 is 0 Å². The molecule has 1 rings (SSSR count). The Labute approximate surface area is 117 Å². The molecule has 0 spiro atoms. The summed E-state index contributed by atoms with van der Waals surface area (Å²) >= 11 is 0. The summed E-state index contributed by atoms with van der Waals surface area (Å²) in [5.74, 6) is 0. The minimum atomic E-state index is 0.634. The molecule has 4 N–H and O–H groups in total. The van der Waals surface area contributed by atoms with Crippen LogP contribution in [-0.2, 0) is 0 Å². The van der Waals surface area contributed by atoms with Gasteiger partial charge in [-0.05, 0) is 51.7 Å². The van der Waals surface area contributed by atoms with Crippen molar-refractivity contribution < 1.29 is 0 Å². The van der Waals surface area contributed by atoms with E-state index in [4.69, 9.17) is 5.73 Å². The van der Waals surface area contributed by atoms with E-state index in [9.17, 15) is 0 Å². The number of hydrogen-bond donors (Lipinski definition) is 3. The van der Waals surface area contributed by atoms with Gasteiger partial charge in [-0.25, -0.2) is 0 Å². The van der Waals surface area contributed by atoms with E-state index in [-0.39, 0.29) is 0 Å². The minimum absolute atomic E-state index is 0.634. The Morgan fingerprint density at radius 2 is 1.95 bits per heavy atom. The van der Waals surface area contributed by atoms with Crippen LogP contribution in [0, 0.1) is 0 Å². The average molecular weight is 261 g/mol. The molecule has 0 aromatic carbocycles. The standard InChI is InChI=1S/C16H27N3/c1-6-12(4)9-15(10-17)19-16(11(2)3)13(5)18-14-7-8-14/h9-10,14,18-19H,2,6-8,17H2,1,3-5H3/b12-9-,15-10+,16-13-. The van der Waals surface area contributed by atoms with E-state index >= 15 is 0 Å². The molecule has 3 nitrogen and oxygen atoms in total. The van der Waals surface area contributed by atoms with E-state index in [1.807, 2.05) is 6.92 Å². The predicted octanol–water partition coefficient (Wildman–Crippen LogP) is 3.29. The van der Waals surface area contributed by atoms with Crippen LogP contribution in [0.3, 0.4) is 0 Å². The van der Waals surface area contributed by atoms with Crippen molar-refractivity contribution in [3.05, 3.63) is 47.1 Å². The first-order valence-corrected chi connectivity index (χ1v) is 6.97. The molecule has 1 aliphatic rings. The van der Waals surface area contributed by atoms with Crippen molar-refractivity contribution in [3.63, 3.8) is 0 Å². The van der Waals surface area contributed by atoms with Gasteiger partial charge in [0.1, 0.15) is 0 Å². The third kappa shape index (κ3) is 5.25. The van der Waals surface area contributed by atoms with Crippen LogP contribution in [0.4, 0.5) is 0 Å². The summed E-state index contributed by atoms with van der Waals surface area (Å²) < 4.78 is 0. The topological polar surface area (TPSA) is 50.1 Å². The molecular formula is C16H27N3. The van der Waals surface area contributed by atoms with Crippen LogP contribution in [0.2, 0.25) is 0 Å². The summed E-state index contributed by atoms with van der Waals surface area (Å²) in [6.07, 6.45) is 7.22. The number of nitrogens with two attached hydrogens (primary N) is 1. The zero-order valence-electron chi connectivity index (χ0n) is 12.6. The molecule has 1 aliphatic carbocycles. The van der Waals surface area contributed by atoms with Crippen molar-refractivity contribution in [2.45, 2.75) is 53.0 Å². The van der Waals surface area contributed by atoms with Gasteiger partial charge in [0, 0.05) is 17.9 Å². The quantitative estimate of drug-likeness (QED) is 0.616. The highest BCUT2D eigenvalue weighted by molar-refractivity contribution is 5.35. The Morgan fingerprint density at radius 3 is 2.37 bits per heavy atom. The molecule has 1 fully saturated rings. The smallest absolute Gasteiger partial charge is 0.0598 e. The van der Waals surface area contributed by atoms with Crippen LogP contribution >= 0.6 is 0 Å². The fraction of sp³-hybridized carbons (Fsp3) is 0.500. The van der Waals surface area contributed by atoms with Crippen LogP contribution in [0.5, 0.6) is 0 Å². The lowest BCUT2D eigenvalue weighted by atomic mass is 10.1. The molecule has 0 aliphatic heterocycles. The fourth-order valence-electron chi connectivity index (χ4n) is 1.76. The van der Waals surface area contributed by atoms with Crippen molar-refractivity contribution in [1.82, 2.24) is 10.6 Å². The van der Waals surface area contributed by atoms with Crippen LogP contribution in [-0.4, -0.2) is 6.04 Å². The second-order valence-electron chi connectivity index (χ2n) is 5.29. The van der Waals surface area contributed by atoms with Gasteiger partial charge in [-0.15, -0.1) is 0 Å². The molecule has 19 heavy (non-hydrogen) atoms. The van der Waals surface area contributed by atoms with Crippen molar-refractivity contribution in [1.29, 1.82) is 0 Å². The van der Waals surface area contributed by atoms with Crippen LogP contribution in [0.15, 0.2) is 47.1 Å². The molecule has 106 valence electrons. The van der Waals surface area contributed by atoms with Gasteiger partial charge in [-0.2, -0.15) is 0 Å². The number of hydrogen-bond acceptors (Lipinski definition) is 3. The van der Waals surface area contributed by atoms with Gasteiger partial charge in [0.15, 0.2) is 0 Å². The average Bonchev–Trinajstić information content (AvgIpc) is 3.17. The Balaban J connectivity index is 2.85. The second kappa shape index (κ2) is 7.07. The lowest BCUT2D eigenvalue weighted by Gasteiger charge is -2.17. The van der Waals surface area contributed by atoms with Crippen molar-refractivity contribution in [2.24, 2.45) is 5.73 Å². The molecular weight excluding hydrogens is 234 g/mol. The maximum atomic E-state index is 5.70. The Hall–Kier alpha value is -1.64. The van der Waals surface area contributed by atoms with Crippen molar-refractivity contribution in [3.8, 4) is 0 Å². The molecule has 0 heterocycles. The van der Waals surface area contributed by atoms with Gasteiger partial charge < -0.3 is 16.4 Å². The van der Waals surface area contributed by atoms with Crippen LogP contribution < -0.4 is 16.4 Å². The Kier molecular flexibility index (Phi) is 5.74. The normalized spacial score (nSPS) is 17.9. The lowest BCUT2D eigenvalue weighted by molar-refractivity contribution is 0.776. The summed E-state index contributed by atoms with van der Waals surface area (Å²) in [4.78, 5) is 0. The van der Waals surface area contributed by atoms with Crippen LogP contribution in [0.1, 0.15) is 47.0 Å². The monoisotopic (exact) mass is 261 g/mol. The van der Waals surface area contributed by atoms with Gasteiger partial charge >= 0.3 is 0 Å². The molecule has 0 radical (unpaired) electrons. The predicted molar refractivity (Wildman–Crippen MR) is 83.1 cm³/mol. The molecule has 1 saturated carbocycles. The second-order valence-corrected chi connectivity index (χ2v) is 5.29. The minimum Gasteiger partial charge on any atom is -0.403 e. The fourth-order valence-corrected chi connectivity index (χ4v) is 1.76. The zero-order valence-corrected chi connectivity index (χ0v) is 12.6. The van der Waals surface area contributed by atoms with Gasteiger partial charge in [0.2, 0.25) is 0 Å². The third-order valence-corrected chi connectivity index (χ3v) is 3.21. The largest absolute Gasteiger partial charge is 0.403 e. The Bertz CT molecular complexity index is 423. The SMILES string of the molecule is C=C(C)/C(NC(/C=C(/C)CC)=C/N)=C(\C)NC1CC1. The van der Waals surface area contributed by atoms with E-state index in [1.54, 1.807) is 6.20 Å². The van der Waals surface area contributed by atoms with E-state index in [1.165, 1.54) is 18.4 Å². The highest BCUT2D eigenvalue weighted by atomic mass is 15.0. The van der Waals surface area contributed by atoms with E-state index < -0.39 is 0 Å². The highest BCUT2D eigenvalue weighted by Crippen LogP contribution is 2.22. The maximum absolute atomic E-state index is 5.70. The van der Waals surface area contributed by atoms with Crippen molar-refractivity contribution in [2.75, 3.05) is 0 Å². The third-order valence-electron chi connectivity index (χ3n) is 3.21. The zero-order chi connectivity index (χ0) is 14.4. The molecule has 3 heteroatoms. The molecule has 0 amide bonds. The molecule has 0 atom stereocenters. The first-order chi connectivity index (χ1) is 8.97. The summed E-state index contributed by atoms with van der Waals surface area (Å²) in [7, 11) is 0. The van der Waals surface area contributed by atoms with Gasteiger partial charge in [-0.3, -0.25) is 0 Å². The van der Waals surface area contributed by atoms with E-state index in [0.29, 0.717) is 6.04 Å². The molecule has 0 aromatic rings. The molecule has 0 saturated heterocycles. The number of rotatable bonds is 7. The molecule has 0 unspecified atom stereocenters. The van der Waals surface area contributed by atoms with Gasteiger partial charge in [-0.1, -0.05) is 19.1 Å². The first-order valence-electron chi connectivity index (χ1n) is 6.97. The first kappa shape index (κ1) is 15.4. The van der Waals surface area contributed by atoms with E-state index in [0.717, 1.165) is 29.1 Å².